The van der Waals surface area contributed by atoms with Gasteiger partial charge in [-0.3, -0.25) is 4.79 Å². The number of esters is 1. The Morgan fingerprint density at radius 1 is 1.19 bits per heavy atom. The summed E-state index contributed by atoms with van der Waals surface area (Å²) in [6.45, 7) is 9.67. The summed E-state index contributed by atoms with van der Waals surface area (Å²) in [4.78, 5) is 12.5. The monoisotopic (exact) mass is 452 g/mol. The van der Waals surface area contributed by atoms with Crippen LogP contribution in [0.4, 0.5) is 0 Å². The Labute approximate surface area is 195 Å². The molecule has 0 fully saturated rings. The summed E-state index contributed by atoms with van der Waals surface area (Å²) in [7, 11) is 0. The highest BCUT2D eigenvalue weighted by molar-refractivity contribution is 7.99. The number of benzene rings is 1. The van der Waals surface area contributed by atoms with Crippen molar-refractivity contribution in [2.24, 2.45) is 0 Å². The first kappa shape index (κ1) is 24.1. The highest BCUT2D eigenvalue weighted by Crippen LogP contribution is 2.41. The Balaban J connectivity index is 1.69. The van der Waals surface area contributed by atoms with E-state index < -0.39 is 0 Å². The molecule has 2 heterocycles. The minimum absolute atomic E-state index is 0.0775. The highest BCUT2D eigenvalue weighted by Gasteiger charge is 2.29. The molecule has 6 heteroatoms. The fourth-order valence-corrected chi connectivity index (χ4v) is 4.40. The third-order valence-corrected chi connectivity index (χ3v) is 6.45. The molecular weight excluding hydrogens is 420 g/mol. The van der Waals surface area contributed by atoms with Gasteiger partial charge in [-0.2, -0.15) is 5.10 Å². The number of unbranched alkanes of at least 4 members (excludes halogenated alkanes) is 1. The standard InChI is InChI=1S/C26H32N2O3S/c1-5-30-25(29)10-8-7-9-20-13-14-21(28-27-20)12-11-19-17-22-23(18-24(19)32-6-2)31-16-15-26(22,3)4/h13-14,17-18H,5-10,15-16H2,1-4H3. The van der Waals surface area contributed by atoms with E-state index in [1.807, 2.05) is 19.1 Å². The topological polar surface area (TPSA) is 61.3 Å². The normalized spacial score (nSPS) is 14.0. The molecule has 32 heavy (non-hydrogen) atoms. The Morgan fingerprint density at radius 3 is 2.75 bits per heavy atom. The average molecular weight is 453 g/mol. The van der Waals surface area contributed by atoms with E-state index in [-0.39, 0.29) is 11.4 Å². The Morgan fingerprint density at radius 2 is 2.03 bits per heavy atom. The minimum atomic E-state index is -0.137. The van der Waals surface area contributed by atoms with Crippen molar-refractivity contribution in [3.05, 3.63) is 46.8 Å². The van der Waals surface area contributed by atoms with Gasteiger partial charge in [-0.05, 0) is 74.0 Å². The van der Waals surface area contributed by atoms with Gasteiger partial charge in [0.2, 0.25) is 0 Å². The number of ether oxygens (including phenoxy) is 2. The largest absolute Gasteiger partial charge is 0.493 e. The van der Waals surface area contributed by atoms with E-state index in [9.17, 15) is 4.79 Å². The van der Waals surface area contributed by atoms with E-state index in [2.05, 4.69) is 54.9 Å². The third kappa shape index (κ3) is 6.49. The molecule has 170 valence electrons. The highest BCUT2D eigenvalue weighted by atomic mass is 32.2. The van der Waals surface area contributed by atoms with Gasteiger partial charge >= 0.3 is 5.97 Å². The summed E-state index contributed by atoms with van der Waals surface area (Å²) < 4.78 is 10.9. The molecule has 2 aromatic rings. The van der Waals surface area contributed by atoms with Gasteiger partial charge in [0.15, 0.2) is 0 Å². The van der Waals surface area contributed by atoms with Crippen molar-refractivity contribution in [3.8, 4) is 17.6 Å². The number of carbonyl (C=O) groups is 1. The SMILES string of the molecule is CCOC(=O)CCCCc1ccc(C#Cc2cc3c(cc2SCC)OCCC3(C)C)nn1. The van der Waals surface area contributed by atoms with Crippen LogP contribution in [0, 0.1) is 11.8 Å². The number of thioether (sulfide) groups is 1. The number of nitrogens with zero attached hydrogens (tertiary/aromatic N) is 2. The van der Waals surface area contributed by atoms with Gasteiger partial charge in [-0.1, -0.05) is 26.7 Å². The van der Waals surface area contributed by atoms with Crippen molar-refractivity contribution in [2.45, 2.75) is 70.1 Å². The number of rotatable bonds is 8. The summed E-state index contributed by atoms with van der Waals surface area (Å²) >= 11 is 1.78. The predicted octanol–water partition coefficient (Wildman–Crippen LogP) is 5.32. The lowest BCUT2D eigenvalue weighted by atomic mass is 9.79. The molecule has 1 aliphatic heterocycles. The molecule has 0 amide bonds. The zero-order valence-electron chi connectivity index (χ0n) is 19.5. The Bertz CT molecular complexity index is 991. The van der Waals surface area contributed by atoms with Crippen molar-refractivity contribution in [1.29, 1.82) is 0 Å². The van der Waals surface area contributed by atoms with Crippen LogP contribution in [0.15, 0.2) is 29.2 Å². The summed E-state index contributed by atoms with van der Waals surface area (Å²) in [6.07, 6.45) is 3.91. The van der Waals surface area contributed by atoms with Crippen LogP contribution in [0.1, 0.15) is 75.9 Å². The van der Waals surface area contributed by atoms with Gasteiger partial charge in [0.1, 0.15) is 11.4 Å². The first-order chi connectivity index (χ1) is 15.4. The number of aromatic nitrogens is 2. The van der Waals surface area contributed by atoms with Gasteiger partial charge in [-0.25, -0.2) is 0 Å². The van der Waals surface area contributed by atoms with Gasteiger partial charge in [0.25, 0.3) is 0 Å². The molecule has 0 saturated carbocycles. The Kier molecular flexibility index (Phi) is 8.58. The number of aryl methyl sites for hydroxylation is 1. The van der Waals surface area contributed by atoms with Crippen LogP contribution < -0.4 is 4.74 Å². The van der Waals surface area contributed by atoms with E-state index in [1.54, 1.807) is 11.8 Å². The number of hydrogen-bond donors (Lipinski definition) is 0. The minimum Gasteiger partial charge on any atom is -0.493 e. The molecule has 0 saturated heterocycles. The van der Waals surface area contributed by atoms with Crippen molar-refractivity contribution in [1.82, 2.24) is 10.2 Å². The second-order valence-corrected chi connectivity index (χ2v) is 9.74. The second-order valence-electron chi connectivity index (χ2n) is 8.43. The summed E-state index contributed by atoms with van der Waals surface area (Å²) in [6, 6.07) is 8.20. The zero-order valence-corrected chi connectivity index (χ0v) is 20.3. The first-order valence-electron chi connectivity index (χ1n) is 11.4. The number of fused-ring (bicyclic) bond motifs is 1. The molecule has 0 aliphatic carbocycles. The van der Waals surface area contributed by atoms with Crippen LogP contribution in [0.3, 0.4) is 0 Å². The predicted molar refractivity (Wildman–Crippen MR) is 128 cm³/mol. The van der Waals surface area contributed by atoms with Crippen LogP contribution in [0.2, 0.25) is 0 Å². The second kappa shape index (κ2) is 11.4. The van der Waals surface area contributed by atoms with Crippen molar-refractivity contribution >= 4 is 17.7 Å². The van der Waals surface area contributed by atoms with Crippen LogP contribution >= 0.6 is 11.8 Å². The van der Waals surface area contributed by atoms with E-state index in [0.717, 1.165) is 59.9 Å². The van der Waals surface area contributed by atoms with Gasteiger partial charge < -0.3 is 9.47 Å². The number of hydrogen-bond acceptors (Lipinski definition) is 6. The van der Waals surface area contributed by atoms with Crippen molar-refractivity contribution in [3.63, 3.8) is 0 Å². The van der Waals surface area contributed by atoms with Gasteiger partial charge in [0.05, 0.1) is 18.9 Å². The molecule has 0 atom stereocenters. The number of carbonyl (C=O) groups excluding carboxylic acids is 1. The van der Waals surface area contributed by atoms with E-state index in [0.29, 0.717) is 18.7 Å². The molecule has 1 aliphatic rings. The molecule has 3 rings (SSSR count). The summed E-state index contributed by atoms with van der Waals surface area (Å²) in [5.41, 5.74) is 3.88. The molecule has 1 aromatic carbocycles. The third-order valence-electron chi connectivity index (χ3n) is 5.51. The molecule has 0 radical (unpaired) electrons. The zero-order chi connectivity index (χ0) is 23.0. The summed E-state index contributed by atoms with van der Waals surface area (Å²) in [5.74, 6) is 8.31. The first-order valence-corrected chi connectivity index (χ1v) is 12.4. The molecule has 0 bridgehead atoms. The maximum atomic E-state index is 11.4. The van der Waals surface area contributed by atoms with Crippen LogP contribution in [-0.4, -0.2) is 35.1 Å². The van der Waals surface area contributed by atoms with Crippen LogP contribution in [-0.2, 0) is 21.4 Å². The lowest BCUT2D eigenvalue weighted by Crippen LogP contribution is -2.26. The van der Waals surface area contributed by atoms with E-state index in [4.69, 9.17) is 9.47 Å². The fourth-order valence-electron chi connectivity index (χ4n) is 3.63. The quantitative estimate of drug-likeness (QED) is 0.234. The summed E-state index contributed by atoms with van der Waals surface area (Å²) in [5, 5.41) is 8.58. The smallest absolute Gasteiger partial charge is 0.305 e. The fraction of sp³-hybridized carbons (Fsp3) is 0.500. The van der Waals surface area contributed by atoms with Crippen LogP contribution in [0.25, 0.3) is 0 Å². The molecule has 1 aromatic heterocycles. The van der Waals surface area contributed by atoms with Gasteiger partial charge in [-0.15, -0.1) is 16.9 Å². The van der Waals surface area contributed by atoms with Crippen molar-refractivity contribution < 1.29 is 14.3 Å². The molecular formula is C26H32N2O3S. The van der Waals surface area contributed by atoms with Gasteiger partial charge in [0, 0.05) is 22.4 Å². The van der Waals surface area contributed by atoms with E-state index in [1.165, 1.54) is 5.56 Å². The van der Waals surface area contributed by atoms with Crippen molar-refractivity contribution in [2.75, 3.05) is 19.0 Å². The maximum Gasteiger partial charge on any atom is 0.305 e. The lowest BCUT2D eigenvalue weighted by Gasteiger charge is -2.33. The molecule has 0 unspecified atom stereocenters. The van der Waals surface area contributed by atoms with Crippen LogP contribution in [0.5, 0.6) is 5.75 Å². The molecule has 0 spiro atoms. The molecule has 0 N–H and O–H groups in total. The Hall–Kier alpha value is -2.52. The lowest BCUT2D eigenvalue weighted by molar-refractivity contribution is -0.143. The molecule has 5 nitrogen and oxygen atoms in total. The average Bonchev–Trinajstić information content (AvgIpc) is 2.76. The van der Waals surface area contributed by atoms with E-state index >= 15 is 0 Å². The maximum absolute atomic E-state index is 11.4.